The van der Waals surface area contributed by atoms with Crippen molar-refractivity contribution in [1.29, 1.82) is 0 Å². The summed E-state index contributed by atoms with van der Waals surface area (Å²) in [6, 6.07) is -0.611. The number of hydrogen-bond acceptors (Lipinski definition) is 4. The summed E-state index contributed by atoms with van der Waals surface area (Å²) in [6.45, 7) is 3.61. The van der Waals surface area contributed by atoms with Crippen LogP contribution in [0, 0.1) is 0 Å². The standard InChI is InChI=1S/C16H22N6O3/c23-14(12-11-18-22-5-2-1-3-13(12)22)19-7-9-20(10-8-19)16(25)21-6-4-17-15(21)24/h11H,1-10H2,(H,17,24). The first-order chi connectivity index (χ1) is 12.1. The van der Waals surface area contributed by atoms with Crippen molar-refractivity contribution in [3.8, 4) is 0 Å². The number of urea groups is 2. The van der Waals surface area contributed by atoms with E-state index in [1.807, 2.05) is 4.68 Å². The fourth-order valence-corrected chi connectivity index (χ4v) is 3.70. The minimum atomic E-state index is -0.338. The Balaban J connectivity index is 1.38. The number of hydrogen-bond donors (Lipinski definition) is 1. The molecule has 0 atom stereocenters. The number of amides is 5. The van der Waals surface area contributed by atoms with Gasteiger partial charge in [-0.2, -0.15) is 5.10 Å². The highest BCUT2D eigenvalue weighted by molar-refractivity contribution is 5.96. The van der Waals surface area contributed by atoms with Gasteiger partial charge < -0.3 is 15.1 Å². The molecule has 0 saturated carbocycles. The van der Waals surface area contributed by atoms with Crippen molar-refractivity contribution in [1.82, 2.24) is 29.8 Å². The summed E-state index contributed by atoms with van der Waals surface area (Å²) in [6.07, 6.45) is 4.76. The van der Waals surface area contributed by atoms with Crippen molar-refractivity contribution >= 4 is 18.0 Å². The zero-order valence-corrected chi connectivity index (χ0v) is 14.1. The van der Waals surface area contributed by atoms with Crippen molar-refractivity contribution in [3.63, 3.8) is 0 Å². The van der Waals surface area contributed by atoms with Crippen LogP contribution in [0.4, 0.5) is 9.59 Å². The largest absolute Gasteiger partial charge is 0.336 e. The Labute approximate surface area is 145 Å². The molecule has 134 valence electrons. The van der Waals surface area contributed by atoms with Crippen LogP contribution in [0.15, 0.2) is 6.20 Å². The monoisotopic (exact) mass is 346 g/mol. The van der Waals surface area contributed by atoms with E-state index < -0.39 is 0 Å². The van der Waals surface area contributed by atoms with Gasteiger partial charge in [-0.25, -0.2) is 14.5 Å². The summed E-state index contributed by atoms with van der Waals surface area (Å²) < 4.78 is 1.93. The smallest absolute Gasteiger partial charge is 0.328 e. The molecule has 9 heteroatoms. The zero-order chi connectivity index (χ0) is 17.4. The average Bonchev–Trinajstić information content (AvgIpc) is 3.27. The lowest BCUT2D eigenvalue weighted by molar-refractivity contribution is 0.0648. The third kappa shape index (κ3) is 2.83. The van der Waals surface area contributed by atoms with Crippen molar-refractivity contribution in [2.24, 2.45) is 0 Å². The lowest BCUT2D eigenvalue weighted by atomic mass is 10.1. The molecule has 25 heavy (non-hydrogen) atoms. The van der Waals surface area contributed by atoms with Crippen molar-refractivity contribution in [2.75, 3.05) is 39.3 Å². The van der Waals surface area contributed by atoms with Crippen LogP contribution < -0.4 is 5.32 Å². The Hall–Kier alpha value is -2.58. The Morgan fingerprint density at radius 3 is 2.48 bits per heavy atom. The Morgan fingerprint density at radius 2 is 1.76 bits per heavy atom. The Kier molecular flexibility index (Phi) is 4.06. The first kappa shape index (κ1) is 15.9. The number of carbonyl (C=O) groups excluding carboxylic acids is 3. The highest BCUT2D eigenvalue weighted by Crippen LogP contribution is 2.20. The molecule has 1 aromatic rings. The molecule has 0 unspecified atom stereocenters. The van der Waals surface area contributed by atoms with E-state index in [1.165, 1.54) is 4.90 Å². The molecule has 4 heterocycles. The molecule has 3 aliphatic heterocycles. The zero-order valence-electron chi connectivity index (χ0n) is 14.1. The molecule has 9 nitrogen and oxygen atoms in total. The number of fused-ring (bicyclic) bond motifs is 1. The molecule has 2 fully saturated rings. The van der Waals surface area contributed by atoms with E-state index in [0.29, 0.717) is 44.8 Å². The van der Waals surface area contributed by atoms with Crippen molar-refractivity contribution in [2.45, 2.75) is 25.8 Å². The SMILES string of the molecule is O=C(c1cnn2c1CCCC2)N1CCN(C(=O)N2CCNC2=O)CC1. The lowest BCUT2D eigenvalue weighted by Crippen LogP contribution is -2.54. The highest BCUT2D eigenvalue weighted by Gasteiger charge is 2.33. The normalized spacial score (nSPS) is 20.5. The summed E-state index contributed by atoms with van der Waals surface area (Å²) in [5, 5.41) is 6.96. The van der Waals surface area contributed by atoms with Crippen LogP contribution in [0.3, 0.4) is 0 Å². The van der Waals surface area contributed by atoms with E-state index in [0.717, 1.165) is 31.5 Å². The molecule has 0 aromatic carbocycles. The summed E-state index contributed by atoms with van der Waals surface area (Å²) in [7, 11) is 0. The van der Waals surface area contributed by atoms with Crippen LogP contribution in [0.5, 0.6) is 0 Å². The minimum absolute atomic E-state index is 0.00540. The van der Waals surface area contributed by atoms with Gasteiger partial charge in [-0.1, -0.05) is 0 Å². The second-order valence-electron chi connectivity index (χ2n) is 6.63. The van der Waals surface area contributed by atoms with Crippen LogP contribution in [-0.2, 0) is 13.0 Å². The van der Waals surface area contributed by atoms with Crippen LogP contribution in [0.1, 0.15) is 28.9 Å². The molecule has 2 saturated heterocycles. The maximum Gasteiger partial charge on any atom is 0.328 e. The number of carbonyl (C=O) groups is 3. The van der Waals surface area contributed by atoms with E-state index >= 15 is 0 Å². The number of imide groups is 1. The van der Waals surface area contributed by atoms with Crippen LogP contribution in [0.25, 0.3) is 0 Å². The van der Waals surface area contributed by atoms with E-state index in [4.69, 9.17) is 0 Å². The topological polar surface area (TPSA) is 90.8 Å². The van der Waals surface area contributed by atoms with Crippen LogP contribution >= 0.6 is 0 Å². The van der Waals surface area contributed by atoms with E-state index in [9.17, 15) is 14.4 Å². The van der Waals surface area contributed by atoms with Gasteiger partial charge >= 0.3 is 12.1 Å². The van der Waals surface area contributed by atoms with E-state index in [-0.39, 0.29) is 18.0 Å². The van der Waals surface area contributed by atoms with Gasteiger partial charge in [0.2, 0.25) is 0 Å². The minimum Gasteiger partial charge on any atom is -0.336 e. The molecule has 5 amide bonds. The van der Waals surface area contributed by atoms with Gasteiger partial charge in [-0.05, 0) is 19.3 Å². The maximum absolute atomic E-state index is 12.8. The third-order valence-corrected chi connectivity index (χ3v) is 5.14. The fourth-order valence-electron chi connectivity index (χ4n) is 3.70. The quantitative estimate of drug-likeness (QED) is 0.782. The second kappa shape index (κ2) is 6.38. The third-order valence-electron chi connectivity index (χ3n) is 5.14. The van der Waals surface area contributed by atoms with Gasteiger partial charge in [0.25, 0.3) is 5.91 Å². The van der Waals surface area contributed by atoms with Gasteiger partial charge in [0.05, 0.1) is 17.5 Å². The average molecular weight is 346 g/mol. The molecule has 1 aromatic heterocycles. The van der Waals surface area contributed by atoms with Crippen molar-refractivity contribution in [3.05, 3.63) is 17.5 Å². The number of nitrogens with zero attached hydrogens (tertiary/aromatic N) is 5. The molecular formula is C16H22N6O3. The van der Waals surface area contributed by atoms with Gasteiger partial charge in [-0.3, -0.25) is 9.48 Å². The molecule has 1 N–H and O–H groups in total. The molecule has 0 radical (unpaired) electrons. The first-order valence-electron chi connectivity index (χ1n) is 8.83. The summed E-state index contributed by atoms with van der Waals surface area (Å²) in [5.41, 5.74) is 1.72. The van der Waals surface area contributed by atoms with E-state index in [2.05, 4.69) is 10.4 Å². The summed E-state index contributed by atoms with van der Waals surface area (Å²) in [5.74, 6) is -0.00540. The Morgan fingerprint density at radius 1 is 1.00 bits per heavy atom. The van der Waals surface area contributed by atoms with E-state index in [1.54, 1.807) is 16.0 Å². The summed E-state index contributed by atoms with van der Waals surface area (Å²) >= 11 is 0. The number of aromatic nitrogens is 2. The first-order valence-corrected chi connectivity index (χ1v) is 8.83. The fraction of sp³-hybridized carbons (Fsp3) is 0.625. The van der Waals surface area contributed by atoms with Crippen LogP contribution in [0.2, 0.25) is 0 Å². The van der Waals surface area contributed by atoms with Gasteiger partial charge in [0.15, 0.2) is 0 Å². The number of aryl methyl sites for hydroxylation is 1. The van der Waals surface area contributed by atoms with Crippen LogP contribution in [-0.4, -0.2) is 81.7 Å². The predicted molar refractivity (Wildman–Crippen MR) is 88.1 cm³/mol. The maximum atomic E-state index is 12.8. The molecular weight excluding hydrogens is 324 g/mol. The predicted octanol–water partition coefficient (Wildman–Crippen LogP) is 0.122. The second-order valence-corrected chi connectivity index (χ2v) is 6.63. The molecule has 4 rings (SSSR count). The molecule has 0 aliphatic carbocycles. The van der Waals surface area contributed by atoms with Crippen molar-refractivity contribution < 1.29 is 14.4 Å². The molecule has 0 spiro atoms. The van der Waals surface area contributed by atoms with Gasteiger partial charge in [-0.15, -0.1) is 0 Å². The highest BCUT2D eigenvalue weighted by atomic mass is 16.2. The van der Waals surface area contributed by atoms with Gasteiger partial charge in [0, 0.05) is 45.8 Å². The Bertz CT molecular complexity index is 707. The lowest BCUT2D eigenvalue weighted by Gasteiger charge is -2.36. The molecule has 3 aliphatic rings. The summed E-state index contributed by atoms with van der Waals surface area (Å²) in [4.78, 5) is 41.5. The number of piperazine rings is 1. The van der Waals surface area contributed by atoms with Gasteiger partial charge in [0.1, 0.15) is 0 Å². The number of rotatable bonds is 1. The number of nitrogens with one attached hydrogen (secondary N) is 1. The molecule has 0 bridgehead atoms.